The molecule has 0 unspecified atom stereocenters. The molecule has 1 aromatic heterocycles. The summed E-state index contributed by atoms with van der Waals surface area (Å²) in [4.78, 5) is 27.9. The summed E-state index contributed by atoms with van der Waals surface area (Å²) >= 11 is 0. The molecule has 1 heterocycles. The van der Waals surface area contributed by atoms with Crippen molar-refractivity contribution in [2.45, 2.75) is 33.9 Å². The van der Waals surface area contributed by atoms with Gasteiger partial charge in [0.25, 0.3) is 0 Å². The van der Waals surface area contributed by atoms with Crippen molar-refractivity contribution >= 4 is 23.4 Å². The molecule has 0 fully saturated rings. The first kappa shape index (κ1) is 29.4. The van der Waals surface area contributed by atoms with Crippen LogP contribution in [0.1, 0.15) is 30.7 Å². The lowest BCUT2D eigenvalue weighted by molar-refractivity contribution is -0.137. The zero-order valence-electron chi connectivity index (χ0n) is 23.3. The number of alkyl halides is 3. The minimum Gasteiger partial charge on any atom is -0.315 e. The van der Waals surface area contributed by atoms with Crippen LogP contribution in [0.25, 0.3) is 16.8 Å². The van der Waals surface area contributed by atoms with Gasteiger partial charge < -0.3 is 15.5 Å². The molecule has 7 nitrogen and oxygen atoms in total. The Morgan fingerprint density at radius 1 is 0.902 bits per heavy atom. The molecule has 0 bridgehead atoms. The number of urea groups is 1. The van der Waals surface area contributed by atoms with Crippen molar-refractivity contribution in [1.82, 2.24) is 14.7 Å². The minimum absolute atomic E-state index is 0.0290. The highest BCUT2D eigenvalue weighted by Crippen LogP contribution is 2.34. The average molecular weight is 564 g/mol. The van der Waals surface area contributed by atoms with Crippen molar-refractivity contribution in [2.24, 2.45) is 5.92 Å². The van der Waals surface area contributed by atoms with E-state index in [1.165, 1.54) is 17.0 Å². The number of hydrogen-bond acceptors (Lipinski definition) is 3. The standard InChI is InChI=1S/C31H32F3N5O2/c1-20(2)18-38(30(41)35-25-14-12-24(13-15-25)31(32,33)34)19-27(40)36-29-28(23-8-6-5-7-9-23)22(4)37-39(29)26-16-10-21(3)11-17-26/h5-17,20H,18-19H2,1-4H3,(H,35,41)(H,36,40). The number of nitrogens with one attached hydrogen (secondary N) is 2. The number of carbonyl (C=O) groups excluding carboxylic acids is 2. The van der Waals surface area contributed by atoms with E-state index < -0.39 is 23.7 Å². The first-order valence-corrected chi connectivity index (χ1v) is 13.2. The first-order chi connectivity index (χ1) is 19.4. The summed E-state index contributed by atoms with van der Waals surface area (Å²) in [6.07, 6.45) is -4.48. The molecule has 0 saturated carbocycles. The highest BCUT2D eigenvalue weighted by Gasteiger charge is 2.30. The molecular weight excluding hydrogens is 531 g/mol. The van der Waals surface area contributed by atoms with E-state index in [2.05, 4.69) is 10.6 Å². The Morgan fingerprint density at radius 2 is 1.54 bits per heavy atom. The number of nitrogens with zero attached hydrogens (tertiary/aromatic N) is 3. The van der Waals surface area contributed by atoms with Gasteiger partial charge in [-0.25, -0.2) is 9.48 Å². The Bertz CT molecular complexity index is 1500. The molecule has 0 aliphatic heterocycles. The summed E-state index contributed by atoms with van der Waals surface area (Å²) in [6, 6.07) is 20.9. The summed E-state index contributed by atoms with van der Waals surface area (Å²) in [5.74, 6) is 0.0511. The van der Waals surface area contributed by atoms with Gasteiger partial charge in [-0.15, -0.1) is 0 Å². The predicted octanol–water partition coefficient (Wildman–Crippen LogP) is 7.30. The van der Waals surface area contributed by atoms with Gasteiger partial charge in [-0.1, -0.05) is 61.9 Å². The molecule has 3 amide bonds. The van der Waals surface area contributed by atoms with E-state index in [9.17, 15) is 22.8 Å². The summed E-state index contributed by atoms with van der Waals surface area (Å²) in [7, 11) is 0. The molecule has 0 saturated heterocycles. The lowest BCUT2D eigenvalue weighted by atomic mass is 10.1. The van der Waals surface area contributed by atoms with Crippen LogP contribution < -0.4 is 10.6 Å². The number of rotatable bonds is 8. The summed E-state index contributed by atoms with van der Waals surface area (Å²) in [5.41, 5.74) is 3.55. The normalized spacial score (nSPS) is 11.4. The number of amides is 3. The highest BCUT2D eigenvalue weighted by molar-refractivity contribution is 5.99. The van der Waals surface area contributed by atoms with E-state index in [0.717, 1.165) is 34.5 Å². The molecule has 0 spiro atoms. The van der Waals surface area contributed by atoms with Crippen LogP contribution in [0.4, 0.5) is 29.5 Å². The van der Waals surface area contributed by atoms with Crippen LogP contribution in [-0.2, 0) is 11.0 Å². The monoisotopic (exact) mass is 563 g/mol. The predicted molar refractivity (Wildman–Crippen MR) is 154 cm³/mol. The summed E-state index contributed by atoms with van der Waals surface area (Å²) in [6.45, 7) is 7.62. The largest absolute Gasteiger partial charge is 0.416 e. The third kappa shape index (κ3) is 7.33. The fraction of sp³-hybridized carbons (Fsp3) is 0.258. The second-order valence-corrected chi connectivity index (χ2v) is 10.3. The van der Waals surface area contributed by atoms with E-state index in [0.29, 0.717) is 11.5 Å². The zero-order chi connectivity index (χ0) is 29.7. The molecule has 4 rings (SSSR count). The highest BCUT2D eigenvalue weighted by atomic mass is 19.4. The molecule has 4 aromatic rings. The maximum atomic E-state index is 13.4. The van der Waals surface area contributed by atoms with E-state index in [4.69, 9.17) is 5.10 Å². The van der Waals surface area contributed by atoms with Gasteiger partial charge in [-0.3, -0.25) is 4.79 Å². The maximum absolute atomic E-state index is 13.4. The molecule has 214 valence electrons. The van der Waals surface area contributed by atoms with Crippen LogP contribution in [0.3, 0.4) is 0 Å². The van der Waals surface area contributed by atoms with Crippen molar-refractivity contribution in [2.75, 3.05) is 23.7 Å². The van der Waals surface area contributed by atoms with Crippen LogP contribution >= 0.6 is 0 Å². The van der Waals surface area contributed by atoms with Crippen molar-refractivity contribution < 1.29 is 22.8 Å². The van der Waals surface area contributed by atoms with Crippen LogP contribution in [0.5, 0.6) is 0 Å². The maximum Gasteiger partial charge on any atom is 0.416 e. The fourth-order valence-electron chi connectivity index (χ4n) is 4.42. The second-order valence-electron chi connectivity index (χ2n) is 10.3. The van der Waals surface area contributed by atoms with Crippen molar-refractivity contribution in [3.8, 4) is 16.8 Å². The number of carbonyl (C=O) groups is 2. The van der Waals surface area contributed by atoms with E-state index >= 15 is 0 Å². The lowest BCUT2D eigenvalue weighted by Gasteiger charge is -2.25. The molecule has 41 heavy (non-hydrogen) atoms. The van der Waals surface area contributed by atoms with E-state index in [-0.39, 0.29) is 24.7 Å². The average Bonchev–Trinajstić information content (AvgIpc) is 3.23. The molecule has 10 heteroatoms. The SMILES string of the molecule is Cc1ccc(-n2nc(C)c(-c3ccccc3)c2NC(=O)CN(CC(C)C)C(=O)Nc2ccc(C(F)(F)F)cc2)cc1. The number of aromatic nitrogens is 2. The molecule has 0 aliphatic carbocycles. The molecule has 0 radical (unpaired) electrons. The molecule has 2 N–H and O–H groups in total. The molecule has 0 atom stereocenters. The van der Waals surface area contributed by atoms with Crippen molar-refractivity contribution in [3.63, 3.8) is 0 Å². The molecule has 0 aliphatic rings. The smallest absolute Gasteiger partial charge is 0.315 e. The topological polar surface area (TPSA) is 79.3 Å². The quantitative estimate of drug-likeness (QED) is 0.236. The number of halogens is 3. The number of benzene rings is 3. The molecular formula is C31H32F3N5O2. The van der Waals surface area contributed by atoms with Gasteiger partial charge in [-0.05, 0) is 61.7 Å². The van der Waals surface area contributed by atoms with Gasteiger partial charge in [0.2, 0.25) is 5.91 Å². The third-order valence-electron chi connectivity index (χ3n) is 6.33. The van der Waals surface area contributed by atoms with E-state index in [1.807, 2.05) is 82.3 Å². The Hall–Kier alpha value is -4.60. The third-order valence-corrected chi connectivity index (χ3v) is 6.33. The van der Waals surface area contributed by atoms with Crippen molar-refractivity contribution in [1.29, 1.82) is 0 Å². The van der Waals surface area contributed by atoms with E-state index in [1.54, 1.807) is 4.68 Å². The van der Waals surface area contributed by atoms with Gasteiger partial charge >= 0.3 is 12.2 Å². The zero-order valence-corrected chi connectivity index (χ0v) is 23.3. The Morgan fingerprint density at radius 3 is 2.12 bits per heavy atom. The fourth-order valence-corrected chi connectivity index (χ4v) is 4.42. The first-order valence-electron chi connectivity index (χ1n) is 13.2. The van der Waals surface area contributed by atoms with Gasteiger partial charge in [0.05, 0.1) is 16.9 Å². The minimum atomic E-state index is -4.48. The van der Waals surface area contributed by atoms with Crippen LogP contribution in [0.2, 0.25) is 0 Å². The lowest BCUT2D eigenvalue weighted by Crippen LogP contribution is -2.42. The van der Waals surface area contributed by atoms with Gasteiger partial charge in [-0.2, -0.15) is 18.3 Å². The van der Waals surface area contributed by atoms with Gasteiger partial charge in [0.15, 0.2) is 0 Å². The van der Waals surface area contributed by atoms with Crippen LogP contribution in [-0.4, -0.2) is 39.7 Å². The summed E-state index contributed by atoms with van der Waals surface area (Å²) in [5, 5.41) is 10.3. The molecule has 3 aromatic carbocycles. The van der Waals surface area contributed by atoms with Gasteiger partial charge in [0, 0.05) is 17.8 Å². The Balaban J connectivity index is 1.60. The number of anilines is 2. The Kier molecular flexibility index (Phi) is 8.80. The number of hydrogen-bond donors (Lipinski definition) is 2. The summed E-state index contributed by atoms with van der Waals surface area (Å²) < 4.78 is 40.4. The van der Waals surface area contributed by atoms with Crippen molar-refractivity contribution in [3.05, 3.63) is 95.7 Å². The number of aryl methyl sites for hydroxylation is 2. The van der Waals surface area contributed by atoms with Gasteiger partial charge in [0.1, 0.15) is 12.4 Å². The van der Waals surface area contributed by atoms with Crippen LogP contribution in [0.15, 0.2) is 78.9 Å². The van der Waals surface area contributed by atoms with Crippen LogP contribution in [0, 0.1) is 19.8 Å². The Labute approximate surface area is 237 Å². The second kappa shape index (κ2) is 12.3.